The SMILES string of the molecule is NCCN(CC(F)(F)F)C(=O)c1ccc(OC(F)F)cc1. The van der Waals surface area contributed by atoms with Crippen LogP contribution in [0.2, 0.25) is 0 Å². The second kappa shape index (κ2) is 7.21. The maximum absolute atomic E-state index is 12.4. The van der Waals surface area contributed by atoms with Crippen molar-refractivity contribution >= 4 is 5.91 Å². The minimum Gasteiger partial charge on any atom is -0.435 e. The molecule has 0 spiro atoms. The Labute approximate surface area is 117 Å². The molecule has 0 unspecified atom stereocenters. The van der Waals surface area contributed by atoms with Crippen LogP contribution in [0.4, 0.5) is 22.0 Å². The van der Waals surface area contributed by atoms with Gasteiger partial charge in [-0.15, -0.1) is 0 Å². The van der Waals surface area contributed by atoms with Crippen molar-refractivity contribution < 1.29 is 31.5 Å². The Kier molecular flexibility index (Phi) is 5.89. The maximum atomic E-state index is 12.4. The van der Waals surface area contributed by atoms with Crippen molar-refractivity contribution in [2.75, 3.05) is 19.6 Å². The first kappa shape index (κ1) is 17.2. The number of ether oxygens (including phenoxy) is 1. The molecule has 0 bridgehead atoms. The van der Waals surface area contributed by atoms with Crippen molar-refractivity contribution in [1.82, 2.24) is 4.90 Å². The van der Waals surface area contributed by atoms with Gasteiger partial charge in [0, 0.05) is 18.7 Å². The van der Waals surface area contributed by atoms with Crippen LogP contribution in [0.15, 0.2) is 24.3 Å². The predicted molar refractivity (Wildman–Crippen MR) is 64.1 cm³/mol. The number of carbonyl (C=O) groups is 1. The van der Waals surface area contributed by atoms with Crippen molar-refractivity contribution in [2.45, 2.75) is 12.8 Å². The number of nitrogens with zero attached hydrogens (tertiary/aromatic N) is 1. The highest BCUT2D eigenvalue weighted by Crippen LogP contribution is 2.20. The zero-order valence-electron chi connectivity index (χ0n) is 10.7. The molecule has 0 saturated heterocycles. The Morgan fingerprint density at radius 2 is 1.81 bits per heavy atom. The zero-order valence-corrected chi connectivity index (χ0v) is 10.7. The van der Waals surface area contributed by atoms with Crippen molar-refractivity contribution in [1.29, 1.82) is 0 Å². The Bertz CT molecular complexity index is 462. The zero-order chi connectivity index (χ0) is 16.0. The molecule has 0 aliphatic carbocycles. The normalized spacial score (nSPS) is 11.6. The summed E-state index contributed by atoms with van der Waals surface area (Å²) >= 11 is 0. The highest BCUT2D eigenvalue weighted by molar-refractivity contribution is 5.94. The number of alkyl halides is 5. The van der Waals surface area contributed by atoms with Gasteiger partial charge in [-0.3, -0.25) is 4.79 Å². The fourth-order valence-corrected chi connectivity index (χ4v) is 1.59. The van der Waals surface area contributed by atoms with E-state index in [9.17, 15) is 26.7 Å². The minimum atomic E-state index is -4.55. The van der Waals surface area contributed by atoms with Gasteiger partial charge in [-0.05, 0) is 24.3 Å². The van der Waals surface area contributed by atoms with Crippen molar-refractivity contribution in [3.63, 3.8) is 0 Å². The molecule has 2 N–H and O–H groups in total. The van der Waals surface area contributed by atoms with Gasteiger partial charge in [-0.25, -0.2) is 0 Å². The van der Waals surface area contributed by atoms with E-state index < -0.39 is 25.2 Å². The lowest BCUT2D eigenvalue weighted by Gasteiger charge is -2.23. The lowest BCUT2D eigenvalue weighted by atomic mass is 10.2. The van der Waals surface area contributed by atoms with Crippen LogP contribution in [0.25, 0.3) is 0 Å². The Morgan fingerprint density at radius 1 is 1.24 bits per heavy atom. The molecular weight excluding hydrogens is 299 g/mol. The van der Waals surface area contributed by atoms with Gasteiger partial charge in [0.25, 0.3) is 5.91 Å². The van der Waals surface area contributed by atoms with Crippen LogP contribution in [0.1, 0.15) is 10.4 Å². The molecule has 0 fully saturated rings. The lowest BCUT2D eigenvalue weighted by molar-refractivity contribution is -0.140. The summed E-state index contributed by atoms with van der Waals surface area (Å²) in [6, 6.07) is 4.38. The number of carbonyl (C=O) groups excluding carboxylic acids is 1. The van der Waals surface area contributed by atoms with E-state index in [1.54, 1.807) is 0 Å². The first-order valence-corrected chi connectivity index (χ1v) is 5.84. The monoisotopic (exact) mass is 312 g/mol. The summed E-state index contributed by atoms with van der Waals surface area (Å²) in [7, 11) is 0. The van der Waals surface area contributed by atoms with E-state index in [1.807, 2.05) is 0 Å². The van der Waals surface area contributed by atoms with Gasteiger partial charge in [0.05, 0.1) is 0 Å². The van der Waals surface area contributed by atoms with E-state index >= 15 is 0 Å². The second-order valence-electron chi connectivity index (χ2n) is 4.03. The number of hydrogen-bond donors (Lipinski definition) is 1. The number of hydrogen-bond acceptors (Lipinski definition) is 3. The summed E-state index contributed by atoms with van der Waals surface area (Å²) < 4.78 is 65.1. The van der Waals surface area contributed by atoms with Crippen LogP contribution in [0.5, 0.6) is 5.75 Å². The van der Waals surface area contributed by atoms with Crippen molar-refractivity contribution in [3.05, 3.63) is 29.8 Å². The number of nitrogens with two attached hydrogens (primary N) is 1. The molecule has 0 saturated carbocycles. The summed E-state index contributed by atoms with van der Waals surface area (Å²) in [5, 5.41) is 0. The van der Waals surface area contributed by atoms with E-state index in [0.29, 0.717) is 4.90 Å². The number of amides is 1. The average molecular weight is 312 g/mol. The molecule has 118 valence electrons. The molecule has 21 heavy (non-hydrogen) atoms. The summed E-state index contributed by atoms with van der Waals surface area (Å²) in [5.41, 5.74) is 5.10. The largest absolute Gasteiger partial charge is 0.435 e. The summed E-state index contributed by atoms with van der Waals surface area (Å²) in [4.78, 5) is 12.5. The van der Waals surface area contributed by atoms with Crippen LogP contribution >= 0.6 is 0 Å². The van der Waals surface area contributed by atoms with Crippen LogP contribution in [-0.2, 0) is 0 Å². The molecule has 0 aromatic heterocycles. The number of halogens is 5. The second-order valence-corrected chi connectivity index (χ2v) is 4.03. The first-order chi connectivity index (χ1) is 9.73. The molecule has 0 aliphatic rings. The predicted octanol–water partition coefficient (Wildman–Crippen LogP) is 2.25. The Balaban J connectivity index is 2.83. The van der Waals surface area contributed by atoms with Gasteiger partial charge >= 0.3 is 12.8 Å². The van der Waals surface area contributed by atoms with Gasteiger partial charge in [0.1, 0.15) is 12.3 Å². The molecule has 1 aromatic rings. The molecule has 0 heterocycles. The fourth-order valence-electron chi connectivity index (χ4n) is 1.59. The van der Waals surface area contributed by atoms with Crippen LogP contribution < -0.4 is 10.5 Å². The van der Waals surface area contributed by atoms with Crippen LogP contribution in [0, 0.1) is 0 Å². The van der Waals surface area contributed by atoms with E-state index in [4.69, 9.17) is 5.73 Å². The molecule has 1 rings (SSSR count). The molecule has 0 radical (unpaired) electrons. The number of benzene rings is 1. The first-order valence-electron chi connectivity index (χ1n) is 5.84. The van der Waals surface area contributed by atoms with Gasteiger partial charge in [-0.2, -0.15) is 22.0 Å². The van der Waals surface area contributed by atoms with E-state index in [0.717, 1.165) is 24.3 Å². The van der Waals surface area contributed by atoms with Gasteiger partial charge in [-0.1, -0.05) is 0 Å². The van der Waals surface area contributed by atoms with Crippen molar-refractivity contribution in [3.8, 4) is 5.75 Å². The quantitative estimate of drug-likeness (QED) is 0.820. The Morgan fingerprint density at radius 3 is 2.24 bits per heavy atom. The molecular formula is C12H13F5N2O2. The van der Waals surface area contributed by atoms with E-state index in [2.05, 4.69) is 4.74 Å². The third kappa shape index (κ3) is 5.94. The molecule has 0 aliphatic heterocycles. The number of rotatable bonds is 6. The lowest BCUT2D eigenvalue weighted by Crippen LogP contribution is -2.41. The maximum Gasteiger partial charge on any atom is 0.406 e. The minimum absolute atomic E-state index is 0.0747. The third-order valence-corrected chi connectivity index (χ3v) is 2.38. The average Bonchev–Trinajstić information content (AvgIpc) is 2.36. The van der Waals surface area contributed by atoms with E-state index in [-0.39, 0.29) is 24.4 Å². The molecule has 0 atom stereocenters. The molecule has 1 aromatic carbocycles. The van der Waals surface area contributed by atoms with E-state index in [1.165, 1.54) is 0 Å². The topological polar surface area (TPSA) is 55.6 Å². The summed E-state index contributed by atoms with van der Waals surface area (Å²) in [6.07, 6.45) is -4.55. The third-order valence-electron chi connectivity index (χ3n) is 2.38. The molecule has 9 heteroatoms. The standard InChI is InChI=1S/C12H13F5N2O2/c13-11(14)21-9-3-1-8(2-4-9)10(20)19(6-5-18)7-12(15,16)17/h1-4,11H,5-7,18H2. The highest BCUT2D eigenvalue weighted by Gasteiger charge is 2.33. The summed E-state index contributed by atoms with van der Waals surface area (Å²) in [6.45, 7) is -4.86. The smallest absolute Gasteiger partial charge is 0.406 e. The fraction of sp³-hybridized carbons (Fsp3) is 0.417. The van der Waals surface area contributed by atoms with Crippen molar-refractivity contribution in [2.24, 2.45) is 5.73 Å². The molecule has 1 amide bonds. The van der Waals surface area contributed by atoms with Gasteiger partial charge in [0.15, 0.2) is 0 Å². The summed E-state index contributed by atoms with van der Waals surface area (Å²) in [5.74, 6) is -1.08. The van der Waals surface area contributed by atoms with Crippen LogP contribution in [0.3, 0.4) is 0 Å². The van der Waals surface area contributed by atoms with Gasteiger partial charge < -0.3 is 15.4 Å². The molecule has 4 nitrogen and oxygen atoms in total. The van der Waals surface area contributed by atoms with Crippen LogP contribution in [-0.4, -0.2) is 43.2 Å². The highest BCUT2D eigenvalue weighted by atomic mass is 19.4. The Hall–Kier alpha value is -1.90. The van der Waals surface area contributed by atoms with Gasteiger partial charge in [0.2, 0.25) is 0 Å².